The van der Waals surface area contributed by atoms with Crippen molar-refractivity contribution in [2.24, 2.45) is 0 Å². The third-order valence-corrected chi connectivity index (χ3v) is 4.10. The van der Waals surface area contributed by atoms with Crippen LogP contribution in [0.4, 0.5) is 0 Å². The molecule has 2 rings (SSSR count). The van der Waals surface area contributed by atoms with Gasteiger partial charge in [-0.3, -0.25) is 0 Å². The fourth-order valence-corrected chi connectivity index (χ4v) is 3.36. The Morgan fingerprint density at radius 3 is 1.41 bits per heavy atom. The third-order valence-electron chi connectivity index (χ3n) is 3.04. The van der Waals surface area contributed by atoms with E-state index in [4.69, 9.17) is 18.6 Å². The predicted octanol–water partition coefficient (Wildman–Crippen LogP) is 5.86. The molecule has 0 radical (unpaired) electrons. The topological polar surface area (TPSA) is 40.5 Å². The molecule has 0 unspecified atom stereocenters. The van der Waals surface area contributed by atoms with E-state index in [1.54, 1.807) is 0 Å². The standard InChI is InChI=1S/C16H18O2S.2ClH.Ti/c1-9-5-11(3)15(17)13(7-9)19-14-8-10(2)6-12(4)16(14)18;;;/h5-8,17-18H,1-4H3;2*1H;/q;;;+2/p-2. The van der Waals surface area contributed by atoms with Crippen molar-refractivity contribution in [2.45, 2.75) is 37.5 Å². The van der Waals surface area contributed by atoms with Crippen LogP contribution < -0.4 is 0 Å². The molecule has 0 aromatic heterocycles. The van der Waals surface area contributed by atoms with Crippen molar-refractivity contribution in [1.82, 2.24) is 0 Å². The van der Waals surface area contributed by atoms with E-state index in [1.807, 2.05) is 52.0 Å². The second-order valence-corrected chi connectivity index (χ2v) is 8.69. The number of hydrogen-bond acceptors (Lipinski definition) is 3. The first-order chi connectivity index (χ1) is 10.3. The van der Waals surface area contributed by atoms with Crippen molar-refractivity contribution in [3.63, 3.8) is 0 Å². The van der Waals surface area contributed by atoms with Crippen LogP contribution in [0.15, 0.2) is 34.1 Å². The number of aromatic hydroxyl groups is 2. The molecular weight excluding hydrogens is 375 g/mol. The Morgan fingerprint density at radius 1 is 0.773 bits per heavy atom. The molecule has 2 aromatic carbocycles. The van der Waals surface area contributed by atoms with Crippen LogP contribution in [0, 0.1) is 27.7 Å². The van der Waals surface area contributed by atoms with Gasteiger partial charge < -0.3 is 10.2 Å². The molecule has 0 aliphatic rings. The van der Waals surface area contributed by atoms with Crippen LogP contribution in [0.1, 0.15) is 22.3 Å². The Morgan fingerprint density at radius 2 is 1.09 bits per heavy atom. The van der Waals surface area contributed by atoms with E-state index in [2.05, 4.69) is 0 Å². The molecular formula is C16H18Cl2O2STi. The van der Waals surface area contributed by atoms with Gasteiger partial charge in [0.15, 0.2) is 0 Å². The zero-order valence-corrected chi connectivity index (χ0v) is 16.8. The molecule has 0 amide bonds. The summed E-state index contributed by atoms with van der Waals surface area (Å²) in [5.41, 5.74) is 3.90. The van der Waals surface area contributed by atoms with Crippen LogP contribution in [0.25, 0.3) is 0 Å². The summed E-state index contributed by atoms with van der Waals surface area (Å²) in [5, 5.41) is 20.2. The summed E-state index contributed by atoms with van der Waals surface area (Å²) < 4.78 is 0. The molecule has 2 nitrogen and oxygen atoms in total. The summed E-state index contributed by atoms with van der Waals surface area (Å²) in [5.74, 6) is 0.573. The van der Waals surface area contributed by atoms with E-state index < -0.39 is 17.0 Å². The molecule has 0 spiro atoms. The molecule has 0 bridgehead atoms. The molecule has 0 saturated carbocycles. The van der Waals surface area contributed by atoms with Gasteiger partial charge >= 0.3 is 35.6 Å². The van der Waals surface area contributed by atoms with E-state index >= 15 is 0 Å². The number of benzene rings is 2. The van der Waals surface area contributed by atoms with Gasteiger partial charge in [-0.25, -0.2) is 0 Å². The molecule has 0 atom stereocenters. The first kappa shape index (κ1) is 19.7. The van der Waals surface area contributed by atoms with Crippen LogP contribution in [0.2, 0.25) is 0 Å². The van der Waals surface area contributed by atoms with E-state index in [-0.39, 0.29) is 11.5 Å². The number of rotatable bonds is 2. The van der Waals surface area contributed by atoms with Crippen molar-refractivity contribution < 1.29 is 27.2 Å². The molecule has 2 N–H and O–H groups in total. The Balaban J connectivity index is 0.000000745. The van der Waals surface area contributed by atoms with E-state index in [1.165, 1.54) is 11.8 Å². The van der Waals surface area contributed by atoms with Crippen LogP contribution >= 0.6 is 30.4 Å². The van der Waals surface area contributed by atoms with E-state index in [0.717, 1.165) is 32.0 Å². The molecule has 0 aliphatic heterocycles. The summed E-state index contributed by atoms with van der Waals surface area (Å²) in [6.45, 7) is 7.76. The zero-order chi connectivity index (χ0) is 16.9. The van der Waals surface area contributed by atoms with E-state index in [9.17, 15) is 10.2 Å². The molecule has 2 aromatic rings. The molecule has 0 aliphatic carbocycles. The minimum absolute atomic E-state index is 0.286. The third kappa shape index (κ3) is 5.40. The van der Waals surface area contributed by atoms with Crippen LogP contribution in [-0.2, 0) is 17.0 Å². The molecule has 0 heterocycles. The summed E-state index contributed by atoms with van der Waals surface area (Å²) in [4.78, 5) is 1.55. The van der Waals surface area contributed by atoms with Crippen LogP contribution in [-0.4, -0.2) is 10.2 Å². The number of hydrogen-bond donors (Lipinski definition) is 2. The first-order valence-electron chi connectivity index (χ1n) is 6.54. The monoisotopic (exact) mass is 392 g/mol. The second-order valence-electron chi connectivity index (χ2n) is 5.03. The Bertz CT molecular complexity index is 608. The van der Waals surface area contributed by atoms with Gasteiger partial charge in [0.1, 0.15) is 11.5 Å². The average molecular weight is 393 g/mol. The number of aryl methyl sites for hydroxylation is 4. The zero-order valence-electron chi connectivity index (χ0n) is 12.9. The molecule has 118 valence electrons. The normalized spacial score (nSPS) is 9.91. The van der Waals surface area contributed by atoms with Crippen molar-refractivity contribution in [2.75, 3.05) is 0 Å². The maximum absolute atomic E-state index is 10.1. The number of phenolic OH excluding ortho intramolecular Hbond substituents is 2. The van der Waals surface area contributed by atoms with Gasteiger partial charge in [0.25, 0.3) is 0 Å². The summed E-state index contributed by atoms with van der Waals surface area (Å²) in [6.07, 6.45) is 0. The van der Waals surface area contributed by atoms with Crippen molar-refractivity contribution >= 4 is 30.4 Å². The van der Waals surface area contributed by atoms with Gasteiger partial charge in [-0.05, 0) is 62.1 Å². The summed E-state index contributed by atoms with van der Waals surface area (Å²) in [7, 11) is 9.78. The Kier molecular flexibility index (Phi) is 8.16. The van der Waals surface area contributed by atoms with Gasteiger partial charge in [0.2, 0.25) is 0 Å². The van der Waals surface area contributed by atoms with Crippen LogP contribution in [0.5, 0.6) is 11.5 Å². The Labute approximate surface area is 152 Å². The SMILES string of the molecule is Cc1cc(C)c(O)c(Sc2cc(C)cc(C)c2O)c1.[Cl][Ti][Cl]. The van der Waals surface area contributed by atoms with Gasteiger partial charge in [0.05, 0.1) is 9.79 Å². The fraction of sp³-hybridized carbons (Fsp3) is 0.250. The van der Waals surface area contributed by atoms with Crippen LogP contribution in [0.3, 0.4) is 0 Å². The molecule has 6 heteroatoms. The van der Waals surface area contributed by atoms with Crippen molar-refractivity contribution in [3.8, 4) is 11.5 Å². The quantitative estimate of drug-likeness (QED) is 0.628. The van der Waals surface area contributed by atoms with Crippen molar-refractivity contribution in [3.05, 3.63) is 46.5 Å². The number of halogens is 2. The Hall–Kier alpha value is -0.316. The fourth-order valence-electron chi connectivity index (χ4n) is 2.12. The van der Waals surface area contributed by atoms with Crippen molar-refractivity contribution in [1.29, 1.82) is 0 Å². The molecule has 0 fully saturated rings. The maximum atomic E-state index is 10.1. The minimum atomic E-state index is -0.556. The summed E-state index contributed by atoms with van der Waals surface area (Å²) >= 11 is 0.842. The molecule has 22 heavy (non-hydrogen) atoms. The van der Waals surface area contributed by atoms with Gasteiger partial charge in [-0.15, -0.1) is 0 Å². The van der Waals surface area contributed by atoms with Gasteiger partial charge in [-0.1, -0.05) is 23.9 Å². The van der Waals surface area contributed by atoms with E-state index in [0.29, 0.717) is 0 Å². The van der Waals surface area contributed by atoms with Gasteiger partial charge in [-0.2, -0.15) is 0 Å². The predicted molar refractivity (Wildman–Crippen MR) is 91.0 cm³/mol. The first-order valence-corrected chi connectivity index (χ1v) is 11.7. The van der Waals surface area contributed by atoms with Gasteiger partial charge in [0, 0.05) is 0 Å². The average Bonchev–Trinajstić information content (AvgIpc) is 2.42. The molecule has 0 saturated heterocycles. The second kappa shape index (κ2) is 9.10. The number of phenols is 2. The summed E-state index contributed by atoms with van der Waals surface area (Å²) in [6, 6.07) is 7.76.